The second kappa shape index (κ2) is 5.93. The maximum Gasteiger partial charge on any atom is 0.237 e. The van der Waals surface area contributed by atoms with Crippen LogP contribution in [-0.4, -0.2) is 34.6 Å². The van der Waals surface area contributed by atoms with Crippen LogP contribution >= 0.6 is 0 Å². The number of aryl methyl sites for hydroxylation is 1. The van der Waals surface area contributed by atoms with Crippen LogP contribution in [0.2, 0.25) is 0 Å². The number of nitrogens with one attached hydrogen (secondary N) is 1. The summed E-state index contributed by atoms with van der Waals surface area (Å²) in [6, 6.07) is 10.1. The van der Waals surface area contributed by atoms with E-state index in [9.17, 15) is 4.79 Å². The first-order valence-electron chi connectivity index (χ1n) is 7.60. The third-order valence-corrected chi connectivity index (χ3v) is 4.08. The summed E-state index contributed by atoms with van der Waals surface area (Å²) < 4.78 is 5.44. The predicted octanol–water partition coefficient (Wildman–Crippen LogP) is 2.36. The van der Waals surface area contributed by atoms with Crippen LogP contribution in [0, 0.1) is 6.92 Å². The van der Waals surface area contributed by atoms with Crippen molar-refractivity contribution in [2.24, 2.45) is 0 Å². The number of aromatic nitrogens is 1. The van der Waals surface area contributed by atoms with Gasteiger partial charge in [-0.15, -0.1) is 0 Å². The maximum absolute atomic E-state index is 11.9. The largest absolute Gasteiger partial charge is 0.356 e. The highest BCUT2D eigenvalue weighted by molar-refractivity contribution is 5.82. The Balaban J connectivity index is 1.74. The summed E-state index contributed by atoms with van der Waals surface area (Å²) in [5.74, 6) is 0.832. The Morgan fingerprint density at radius 3 is 2.77 bits per heavy atom. The summed E-state index contributed by atoms with van der Waals surface area (Å²) in [6.07, 6.45) is 0. The third-order valence-electron chi connectivity index (χ3n) is 4.08. The van der Waals surface area contributed by atoms with Crippen LogP contribution in [0.1, 0.15) is 25.1 Å². The summed E-state index contributed by atoms with van der Waals surface area (Å²) in [6.45, 7) is 7.42. The van der Waals surface area contributed by atoms with E-state index in [1.165, 1.54) is 5.56 Å². The topological polar surface area (TPSA) is 58.4 Å². The van der Waals surface area contributed by atoms with Gasteiger partial charge in [0.2, 0.25) is 5.91 Å². The van der Waals surface area contributed by atoms with Crippen LogP contribution in [0.3, 0.4) is 0 Å². The number of hydrogen-bond donors (Lipinski definition) is 1. The first-order chi connectivity index (χ1) is 10.5. The third kappa shape index (κ3) is 3.04. The van der Waals surface area contributed by atoms with E-state index in [2.05, 4.69) is 34.4 Å². The Hall–Kier alpha value is -2.14. The average molecular weight is 299 g/mol. The number of nitrogens with zero attached hydrogens (tertiary/aromatic N) is 2. The zero-order valence-corrected chi connectivity index (χ0v) is 13.2. The molecule has 1 aromatic heterocycles. The molecule has 0 radical (unpaired) electrons. The van der Waals surface area contributed by atoms with E-state index < -0.39 is 0 Å². The molecule has 0 aliphatic carbocycles. The van der Waals surface area contributed by atoms with Crippen molar-refractivity contribution >= 4 is 5.91 Å². The Bertz CT molecular complexity index is 663. The molecule has 5 heteroatoms. The lowest BCUT2D eigenvalue weighted by Crippen LogP contribution is -2.57. The van der Waals surface area contributed by atoms with Crippen LogP contribution < -0.4 is 5.32 Å². The van der Waals surface area contributed by atoms with Gasteiger partial charge in [0.1, 0.15) is 0 Å². The van der Waals surface area contributed by atoms with Crippen LogP contribution in [0.5, 0.6) is 0 Å². The Kier molecular flexibility index (Phi) is 3.98. The summed E-state index contributed by atoms with van der Waals surface area (Å²) in [4.78, 5) is 14.0. The fraction of sp³-hybridized carbons (Fsp3) is 0.412. The predicted molar refractivity (Wildman–Crippen MR) is 84.2 cm³/mol. The molecule has 1 aliphatic heterocycles. The van der Waals surface area contributed by atoms with Gasteiger partial charge in [-0.2, -0.15) is 0 Å². The summed E-state index contributed by atoms with van der Waals surface area (Å²) >= 11 is 0. The van der Waals surface area contributed by atoms with Gasteiger partial charge in [0.15, 0.2) is 5.76 Å². The molecule has 1 saturated heterocycles. The number of amides is 1. The van der Waals surface area contributed by atoms with Gasteiger partial charge in [-0.25, -0.2) is 0 Å². The Labute approximate surface area is 130 Å². The molecule has 22 heavy (non-hydrogen) atoms. The second-order valence-electron chi connectivity index (χ2n) is 6.06. The number of benzene rings is 1. The molecule has 116 valence electrons. The number of carbonyl (C=O) groups is 1. The fourth-order valence-corrected chi connectivity index (χ4v) is 2.73. The minimum absolute atomic E-state index is 0.0704. The quantitative estimate of drug-likeness (QED) is 0.945. The average Bonchev–Trinajstić information content (AvgIpc) is 2.93. The maximum atomic E-state index is 11.9. The molecule has 2 atom stereocenters. The van der Waals surface area contributed by atoms with Crippen LogP contribution in [0.4, 0.5) is 0 Å². The molecule has 2 aromatic rings. The van der Waals surface area contributed by atoms with Gasteiger partial charge in [-0.1, -0.05) is 35.0 Å². The van der Waals surface area contributed by atoms with Crippen molar-refractivity contribution in [1.82, 2.24) is 15.4 Å². The van der Waals surface area contributed by atoms with Gasteiger partial charge in [-0.05, 0) is 20.8 Å². The molecule has 1 N–H and O–H groups in total. The molecule has 0 saturated carbocycles. The van der Waals surface area contributed by atoms with Crippen molar-refractivity contribution in [3.63, 3.8) is 0 Å². The van der Waals surface area contributed by atoms with Crippen molar-refractivity contribution in [1.29, 1.82) is 0 Å². The minimum Gasteiger partial charge on any atom is -0.356 e. The van der Waals surface area contributed by atoms with E-state index in [1.54, 1.807) is 0 Å². The highest BCUT2D eigenvalue weighted by atomic mass is 16.5. The van der Waals surface area contributed by atoms with Gasteiger partial charge in [0.05, 0.1) is 11.7 Å². The van der Waals surface area contributed by atoms with E-state index in [1.807, 2.05) is 32.0 Å². The van der Waals surface area contributed by atoms with E-state index in [-0.39, 0.29) is 18.0 Å². The molecule has 3 rings (SSSR count). The monoisotopic (exact) mass is 299 g/mol. The van der Waals surface area contributed by atoms with E-state index >= 15 is 0 Å². The molecule has 1 aliphatic rings. The Morgan fingerprint density at radius 1 is 1.32 bits per heavy atom. The van der Waals surface area contributed by atoms with Gasteiger partial charge in [-0.3, -0.25) is 9.69 Å². The lowest BCUT2D eigenvalue weighted by Gasteiger charge is -2.35. The first kappa shape index (κ1) is 14.8. The van der Waals surface area contributed by atoms with Gasteiger partial charge >= 0.3 is 0 Å². The van der Waals surface area contributed by atoms with E-state index in [4.69, 9.17) is 4.52 Å². The normalized spacial score (nSPS) is 22.6. The van der Waals surface area contributed by atoms with Crippen molar-refractivity contribution in [2.45, 2.75) is 39.4 Å². The lowest BCUT2D eigenvalue weighted by atomic mass is 10.1. The summed E-state index contributed by atoms with van der Waals surface area (Å²) in [5, 5.41) is 7.10. The molecule has 2 unspecified atom stereocenters. The number of hydrogen-bond acceptors (Lipinski definition) is 4. The highest BCUT2D eigenvalue weighted by Gasteiger charge is 2.29. The van der Waals surface area contributed by atoms with E-state index in [0.717, 1.165) is 23.6 Å². The summed E-state index contributed by atoms with van der Waals surface area (Å²) in [5.41, 5.74) is 3.08. The molecule has 2 heterocycles. The molecule has 0 bridgehead atoms. The standard InChI is InChI=1S/C17H21N3O2/c1-11-4-6-14(7-5-11)16-8-15(19-22-16)10-20-9-12(2)18-17(21)13(20)3/h4-8,12-13H,9-10H2,1-3H3,(H,18,21). The fourth-order valence-electron chi connectivity index (χ4n) is 2.73. The zero-order valence-electron chi connectivity index (χ0n) is 13.2. The molecule has 0 spiro atoms. The van der Waals surface area contributed by atoms with Gasteiger partial charge in [0.25, 0.3) is 0 Å². The first-order valence-corrected chi connectivity index (χ1v) is 7.60. The number of piperazine rings is 1. The van der Waals surface area contributed by atoms with Crippen molar-refractivity contribution in [3.05, 3.63) is 41.6 Å². The SMILES string of the molecule is Cc1ccc(-c2cc(CN3CC(C)NC(=O)C3C)no2)cc1. The molecule has 5 nitrogen and oxygen atoms in total. The molecule has 1 fully saturated rings. The van der Waals surface area contributed by atoms with Crippen molar-refractivity contribution < 1.29 is 9.32 Å². The Morgan fingerprint density at radius 2 is 2.05 bits per heavy atom. The van der Waals surface area contributed by atoms with Crippen LogP contribution in [-0.2, 0) is 11.3 Å². The van der Waals surface area contributed by atoms with Crippen LogP contribution in [0.15, 0.2) is 34.9 Å². The second-order valence-corrected chi connectivity index (χ2v) is 6.06. The molecular weight excluding hydrogens is 278 g/mol. The molecule has 1 aromatic carbocycles. The van der Waals surface area contributed by atoms with E-state index in [0.29, 0.717) is 6.54 Å². The lowest BCUT2D eigenvalue weighted by molar-refractivity contribution is -0.130. The van der Waals surface area contributed by atoms with Gasteiger partial charge < -0.3 is 9.84 Å². The zero-order chi connectivity index (χ0) is 15.7. The number of carbonyl (C=O) groups excluding carboxylic acids is 1. The molecule has 1 amide bonds. The summed E-state index contributed by atoms with van der Waals surface area (Å²) in [7, 11) is 0. The highest BCUT2D eigenvalue weighted by Crippen LogP contribution is 2.22. The smallest absolute Gasteiger partial charge is 0.237 e. The van der Waals surface area contributed by atoms with Crippen molar-refractivity contribution in [2.75, 3.05) is 6.54 Å². The molecular formula is C17H21N3O2. The van der Waals surface area contributed by atoms with Crippen LogP contribution in [0.25, 0.3) is 11.3 Å². The van der Waals surface area contributed by atoms with Crippen molar-refractivity contribution in [3.8, 4) is 11.3 Å². The number of rotatable bonds is 3. The minimum atomic E-state index is -0.143. The van der Waals surface area contributed by atoms with Gasteiger partial charge in [0, 0.05) is 30.8 Å².